The van der Waals surface area contributed by atoms with Crippen molar-refractivity contribution in [1.29, 1.82) is 0 Å². The van der Waals surface area contributed by atoms with Gasteiger partial charge in [0.25, 0.3) is 0 Å². The summed E-state index contributed by atoms with van der Waals surface area (Å²) in [4.78, 5) is 6.93. The van der Waals surface area contributed by atoms with Crippen LogP contribution in [0.2, 0.25) is 0 Å². The Labute approximate surface area is 159 Å². The Morgan fingerprint density at radius 1 is 1.12 bits per heavy atom. The zero-order valence-corrected chi connectivity index (χ0v) is 15.2. The fraction of sp³-hybridized carbons (Fsp3) is 0.250. The minimum absolute atomic E-state index is 0. The van der Waals surface area contributed by atoms with Gasteiger partial charge in [-0.25, -0.2) is 9.37 Å². The predicted molar refractivity (Wildman–Crippen MR) is 103 cm³/mol. The van der Waals surface area contributed by atoms with Crippen LogP contribution in [0.5, 0.6) is 0 Å². The summed E-state index contributed by atoms with van der Waals surface area (Å²) in [5, 5.41) is 3.42. The third-order valence-corrected chi connectivity index (χ3v) is 4.68. The van der Waals surface area contributed by atoms with Crippen LogP contribution in [0.15, 0.2) is 67.0 Å². The molecule has 0 aliphatic carbocycles. The number of aromatic nitrogens is 2. The Kier molecular flexibility index (Phi) is 6.04. The summed E-state index contributed by atoms with van der Waals surface area (Å²) in [5.41, 5.74) is 2.11. The SMILES string of the molecule is Cl.Fc1cccc(C2CNCCN2Cc2nccn2-c2ccccc2)c1. The first kappa shape index (κ1) is 18.6. The Bertz CT molecular complexity index is 837. The molecule has 4 nitrogen and oxygen atoms in total. The molecule has 4 rings (SSSR count). The van der Waals surface area contributed by atoms with Gasteiger partial charge in [-0.3, -0.25) is 4.90 Å². The zero-order chi connectivity index (χ0) is 17.1. The Morgan fingerprint density at radius 2 is 1.96 bits per heavy atom. The van der Waals surface area contributed by atoms with Crippen LogP contribution >= 0.6 is 12.4 Å². The fourth-order valence-corrected chi connectivity index (χ4v) is 3.43. The molecule has 1 N–H and O–H groups in total. The third kappa shape index (κ3) is 3.96. The number of halogens is 2. The van der Waals surface area contributed by atoms with E-state index in [1.54, 1.807) is 12.1 Å². The molecular formula is C20H22ClFN4. The van der Waals surface area contributed by atoms with E-state index in [1.165, 1.54) is 6.07 Å². The molecule has 0 saturated carbocycles. The van der Waals surface area contributed by atoms with E-state index in [0.717, 1.165) is 43.3 Å². The van der Waals surface area contributed by atoms with Crippen molar-refractivity contribution in [3.8, 4) is 5.69 Å². The van der Waals surface area contributed by atoms with Gasteiger partial charge in [0.2, 0.25) is 0 Å². The summed E-state index contributed by atoms with van der Waals surface area (Å²) in [7, 11) is 0. The van der Waals surface area contributed by atoms with E-state index in [-0.39, 0.29) is 24.3 Å². The van der Waals surface area contributed by atoms with Crippen LogP contribution in [0, 0.1) is 5.82 Å². The summed E-state index contributed by atoms with van der Waals surface area (Å²) in [5.74, 6) is 0.809. The molecule has 6 heteroatoms. The van der Waals surface area contributed by atoms with Crippen LogP contribution < -0.4 is 5.32 Å². The molecule has 0 radical (unpaired) electrons. The molecule has 1 atom stereocenters. The summed E-state index contributed by atoms with van der Waals surface area (Å²) in [6, 6.07) is 17.3. The quantitative estimate of drug-likeness (QED) is 0.760. The average Bonchev–Trinajstić information content (AvgIpc) is 3.11. The minimum atomic E-state index is -0.186. The number of benzene rings is 2. The number of nitrogens with zero attached hydrogens (tertiary/aromatic N) is 3. The highest BCUT2D eigenvalue weighted by molar-refractivity contribution is 5.85. The minimum Gasteiger partial charge on any atom is -0.314 e. The van der Waals surface area contributed by atoms with Crippen molar-refractivity contribution in [1.82, 2.24) is 19.8 Å². The van der Waals surface area contributed by atoms with Crippen molar-refractivity contribution in [3.05, 3.63) is 84.2 Å². The Balaban J connectivity index is 0.00000196. The normalized spacial score (nSPS) is 17.7. The molecule has 1 aliphatic heterocycles. The third-order valence-electron chi connectivity index (χ3n) is 4.68. The maximum absolute atomic E-state index is 13.7. The van der Waals surface area contributed by atoms with Gasteiger partial charge < -0.3 is 9.88 Å². The van der Waals surface area contributed by atoms with E-state index in [9.17, 15) is 4.39 Å². The number of hydrogen-bond donors (Lipinski definition) is 1. The molecule has 1 aliphatic rings. The maximum atomic E-state index is 13.7. The predicted octanol–water partition coefficient (Wildman–Crippen LogP) is 3.58. The van der Waals surface area contributed by atoms with Gasteiger partial charge in [0.1, 0.15) is 11.6 Å². The van der Waals surface area contributed by atoms with Gasteiger partial charge in [0.05, 0.1) is 6.54 Å². The van der Waals surface area contributed by atoms with Gasteiger partial charge >= 0.3 is 0 Å². The van der Waals surface area contributed by atoms with Gasteiger partial charge in [-0.2, -0.15) is 0 Å². The largest absolute Gasteiger partial charge is 0.314 e. The van der Waals surface area contributed by atoms with Crippen molar-refractivity contribution in [3.63, 3.8) is 0 Å². The lowest BCUT2D eigenvalue weighted by Gasteiger charge is -2.36. The van der Waals surface area contributed by atoms with E-state index >= 15 is 0 Å². The second kappa shape index (κ2) is 8.45. The molecule has 26 heavy (non-hydrogen) atoms. The van der Waals surface area contributed by atoms with Crippen molar-refractivity contribution in [2.45, 2.75) is 12.6 Å². The molecule has 0 bridgehead atoms. The van der Waals surface area contributed by atoms with Crippen LogP contribution in [-0.2, 0) is 6.54 Å². The van der Waals surface area contributed by atoms with Gasteiger partial charge in [0.15, 0.2) is 0 Å². The van der Waals surface area contributed by atoms with Crippen molar-refractivity contribution < 1.29 is 4.39 Å². The lowest BCUT2D eigenvalue weighted by atomic mass is 10.0. The number of imidazole rings is 1. The summed E-state index contributed by atoms with van der Waals surface area (Å²) in [6.07, 6.45) is 3.83. The Hall–Kier alpha value is -2.21. The number of para-hydroxylation sites is 1. The molecule has 1 aromatic heterocycles. The molecule has 3 aromatic rings. The smallest absolute Gasteiger partial charge is 0.127 e. The molecule has 0 amide bonds. The molecule has 1 unspecified atom stereocenters. The first-order chi connectivity index (χ1) is 12.3. The van der Waals surface area contributed by atoms with Gasteiger partial charge in [0, 0.05) is 43.8 Å². The highest BCUT2D eigenvalue weighted by Gasteiger charge is 2.25. The van der Waals surface area contributed by atoms with E-state index in [1.807, 2.05) is 36.7 Å². The monoisotopic (exact) mass is 372 g/mol. The van der Waals surface area contributed by atoms with E-state index in [4.69, 9.17) is 0 Å². The molecule has 1 saturated heterocycles. The van der Waals surface area contributed by atoms with Crippen LogP contribution in [0.25, 0.3) is 5.69 Å². The second-order valence-electron chi connectivity index (χ2n) is 6.29. The summed E-state index contributed by atoms with van der Waals surface area (Å²) >= 11 is 0. The van der Waals surface area contributed by atoms with Gasteiger partial charge in [-0.05, 0) is 29.8 Å². The number of rotatable bonds is 4. The van der Waals surface area contributed by atoms with E-state index in [2.05, 4.69) is 31.9 Å². The van der Waals surface area contributed by atoms with Crippen molar-refractivity contribution in [2.24, 2.45) is 0 Å². The van der Waals surface area contributed by atoms with E-state index < -0.39 is 0 Å². The molecule has 0 spiro atoms. The second-order valence-corrected chi connectivity index (χ2v) is 6.29. The van der Waals surface area contributed by atoms with Crippen LogP contribution in [0.3, 0.4) is 0 Å². The lowest BCUT2D eigenvalue weighted by molar-refractivity contribution is 0.149. The summed E-state index contributed by atoms with van der Waals surface area (Å²) < 4.78 is 15.8. The zero-order valence-electron chi connectivity index (χ0n) is 14.4. The molecule has 2 aromatic carbocycles. The van der Waals surface area contributed by atoms with Crippen LogP contribution in [0.4, 0.5) is 4.39 Å². The highest BCUT2D eigenvalue weighted by Crippen LogP contribution is 2.25. The van der Waals surface area contributed by atoms with Crippen molar-refractivity contribution in [2.75, 3.05) is 19.6 Å². The number of nitrogens with one attached hydrogen (secondary N) is 1. The number of hydrogen-bond acceptors (Lipinski definition) is 3. The highest BCUT2D eigenvalue weighted by atomic mass is 35.5. The lowest BCUT2D eigenvalue weighted by Crippen LogP contribution is -2.45. The van der Waals surface area contributed by atoms with Gasteiger partial charge in [-0.15, -0.1) is 12.4 Å². The first-order valence-corrected chi connectivity index (χ1v) is 8.59. The van der Waals surface area contributed by atoms with Crippen molar-refractivity contribution >= 4 is 12.4 Å². The summed E-state index contributed by atoms with van der Waals surface area (Å²) in [6.45, 7) is 3.38. The van der Waals surface area contributed by atoms with Crippen LogP contribution in [-0.4, -0.2) is 34.1 Å². The molecule has 2 heterocycles. The molecule has 136 valence electrons. The maximum Gasteiger partial charge on any atom is 0.127 e. The molecule has 1 fully saturated rings. The number of piperazine rings is 1. The standard InChI is InChI=1S/C20H21FN4.ClH/c21-17-6-4-5-16(13-17)19-14-22-9-11-24(19)15-20-23-10-12-25(20)18-7-2-1-3-8-18;/h1-8,10,12-13,19,22H,9,11,14-15H2;1H. The average molecular weight is 373 g/mol. The van der Waals surface area contributed by atoms with E-state index in [0.29, 0.717) is 0 Å². The Morgan fingerprint density at radius 3 is 2.77 bits per heavy atom. The van der Waals surface area contributed by atoms with Crippen LogP contribution in [0.1, 0.15) is 17.4 Å². The molecular weight excluding hydrogens is 351 g/mol. The first-order valence-electron chi connectivity index (χ1n) is 8.59. The topological polar surface area (TPSA) is 33.1 Å². The fourth-order valence-electron chi connectivity index (χ4n) is 3.43. The van der Waals surface area contributed by atoms with Gasteiger partial charge in [-0.1, -0.05) is 30.3 Å².